The summed E-state index contributed by atoms with van der Waals surface area (Å²) in [6.07, 6.45) is 1.97. The molecule has 0 aliphatic heterocycles. The minimum atomic E-state index is -0.427. The molecule has 12 heteroatoms. The number of likely N-dealkylation sites (N-methyl/N-ethyl adjacent to an activating group) is 1. The van der Waals surface area contributed by atoms with Crippen LogP contribution in [0.3, 0.4) is 0 Å². The summed E-state index contributed by atoms with van der Waals surface area (Å²) >= 11 is 1.40. The molecule has 7 N–H and O–H groups in total. The van der Waals surface area contributed by atoms with Crippen LogP contribution < -0.4 is 21.1 Å². The van der Waals surface area contributed by atoms with Crippen molar-refractivity contribution in [3.05, 3.63) is 105 Å². The molecule has 3 rings (SSSR count). The van der Waals surface area contributed by atoms with Gasteiger partial charge in [-0.2, -0.15) is 0 Å². The number of hydrogen-bond donors (Lipinski definition) is 6. The monoisotopic (exact) mass is 566 g/mol. The topological polar surface area (TPSA) is 183 Å². The van der Waals surface area contributed by atoms with Gasteiger partial charge in [-0.05, 0) is 48.6 Å². The Hall–Kier alpha value is -4.42. The second-order valence-electron chi connectivity index (χ2n) is 8.59. The van der Waals surface area contributed by atoms with E-state index < -0.39 is 4.92 Å². The first-order valence-corrected chi connectivity index (χ1v) is 13.5. The van der Waals surface area contributed by atoms with Gasteiger partial charge in [-0.15, -0.1) is 0 Å². The predicted octanol–water partition coefficient (Wildman–Crippen LogP) is 3.39. The molecule has 0 bridgehead atoms. The predicted molar refractivity (Wildman–Crippen MR) is 157 cm³/mol. The number of carbonyl (C=O) groups excluding carboxylic acids is 2. The number of nitro groups is 1. The fourth-order valence-electron chi connectivity index (χ4n) is 3.42. The molecule has 0 fully saturated rings. The lowest BCUT2D eigenvalue weighted by Gasteiger charge is -2.17. The summed E-state index contributed by atoms with van der Waals surface area (Å²) in [5.41, 5.74) is 8.99. The number of carbonyl (C=O) groups is 2. The van der Waals surface area contributed by atoms with E-state index in [0.29, 0.717) is 43.7 Å². The molecule has 3 aromatic rings. The van der Waals surface area contributed by atoms with Gasteiger partial charge in [0.2, 0.25) is 12.3 Å². The third kappa shape index (κ3) is 11.5. The van der Waals surface area contributed by atoms with E-state index in [-0.39, 0.29) is 29.2 Å². The zero-order valence-corrected chi connectivity index (χ0v) is 22.9. The molecule has 0 saturated carbocycles. The number of nitro benzene ring substituents is 1. The van der Waals surface area contributed by atoms with Crippen LogP contribution in [-0.2, 0) is 28.3 Å². The molecule has 212 valence electrons. The third-order valence-electron chi connectivity index (χ3n) is 5.59. The molecule has 40 heavy (non-hydrogen) atoms. The van der Waals surface area contributed by atoms with Gasteiger partial charge in [-0.1, -0.05) is 60.5 Å². The molecule has 0 aliphatic carbocycles. The molecule has 1 atom stereocenters. The highest BCUT2D eigenvalue weighted by atomic mass is 32.2. The van der Waals surface area contributed by atoms with Crippen molar-refractivity contribution in [3.63, 3.8) is 0 Å². The number of phenols is 1. The molecule has 3 aromatic carbocycles. The first kappa shape index (κ1) is 31.8. The fourth-order valence-corrected chi connectivity index (χ4v) is 4.28. The van der Waals surface area contributed by atoms with E-state index in [1.807, 2.05) is 31.2 Å². The van der Waals surface area contributed by atoms with Crippen molar-refractivity contribution >= 4 is 35.8 Å². The average Bonchev–Trinajstić information content (AvgIpc) is 2.95. The van der Waals surface area contributed by atoms with Crippen LogP contribution in [0.15, 0.2) is 72.8 Å². The van der Waals surface area contributed by atoms with Gasteiger partial charge in [0.15, 0.2) is 0 Å². The number of nitrogens with two attached hydrogens (primary N) is 1. The molecule has 0 aliphatic rings. The lowest BCUT2D eigenvalue weighted by molar-refractivity contribution is -0.384. The zero-order chi connectivity index (χ0) is 29.3. The largest absolute Gasteiger partial charge is 0.508 e. The second kappa shape index (κ2) is 17.2. The molecule has 11 nitrogen and oxygen atoms in total. The Balaban J connectivity index is 0.000000360. The SMILES string of the molecule is CCNC(=O)C(CCc1ccc(O)cc1)NSCc1ccc([N+](=O)[O-])cc1.N=C(N)c1ccc(CNC=O)cc1. The number of nitrogen functional groups attached to an aromatic ring is 1. The fraction of sp³-hybridized carbons (Fsp3) is 0.250. The summed E-state index contributed by atoms with van der Waals surface area (Å²) in [7, 11) is 0. The van der Waals surface area contributed by atoms with Crippen molar-refractivity contribution in [2.75, 3.05) is 6.54 Å². The lowest BCUT2D eigenvalue weighted by atomic mass is 10.1. The average molecular weight is 567 g/mol. The minimum Gasteiger partial charge on any atom is -0.508 e. The maximum Gasteiger partial charge on any atom is 0.269 e. The van der Waals surface area contributed by atoms with E-state index in [0.717, 1.165) is 16.7 Å². The van der Waals surface area contributed by atoms with Crippen LogP contribution in [0, 0.1) is 15.5 Å². The summed E-state index contributed by atoms with van der Waals surface area (Å²) in [6.45, 7) is 2.93. The van der Waals surface area contributed by atoms with Crippen LogP contribution in [0.5, 0.6) is 5.75 Å². The smallest absolute Gasteiger partial charge is 0.269 e. The molecule has 1 unspecified atom stereocenters. The van der Waals surface area contributed by atoms with Crippen LogP contribution in [0.2, 0.25) is 0 Å². The minimum absolute atomic E-state index is 0.0508. The van der Waals surface area contributed by atoms with E-state index in [9.17, 15) is 24.8 Å². The van der Waals surface area contributed by atoms with E-state index in [1.165, 1.54) is 24.1 Å². The Morgan fingerprint density at radius 3 is 2.20 bits per heavy atom. The number of non-ortho nitro benzene ring substituents is 1. The number of aromatic hydroxyl groups is 1. The van der Waals surface area contributed by atoms with Crippen molar-refractivity contribution < 1.29 is 19.6 Å². The number of aryl methyl sites for hydroxylation is 1. The molecule has 0 heterocycles. The van der Waals surface area contributed by atoms with E-state index in [1.54, 1.807) is 36.4 Å². The number of nitrogens with zero attached hydrogens (tertiary/aromatic N) is 1. The highest BCUT2D eigenvalue weighted by Gasteiger charge is 2.17. The van der Waals surface area contributed by atoms with Crippen molar-refractivity contribution in [2.24, 2.45) is 5.73 Å². The Morgan fingerprint density at radius 2 is 1.65 bits per heavy atom. The molecule has 0 saturated heterocycles. The Labute approximate surface area is 237 Å². The Kier molecular flexibility index (Phi) is 13.7. The van der Waals surface area contributed by atoms with Gasteiger partial charge in [0.05, 0.1) is 11.0 Å². The number of hydrogen-bond acceptors (Lipinski definition) is 8. The number of benzene rings is 3. The van der Waals surface area contributed by atoms with E-state index in [4.69, 9.17) is 11.1 Å². The quantitative estimate of drug-likeness (QED) is 0.0428. The summed E-state index contributed by atoms with van der Waals surface area (Å²) < 4.78 is 3.19. The van der Waals surface area contributed by atoms with Gasteiger partial charge in [0.1, 0.15) is 11.6 Å². The summed E-state index contributed by atoms with van der Waals surface area (Å²) in [5.74, 6) is 0.797. The Bertz CT molecular complexity index is 1240. The van der Waals surface area contributed by atoms with Crippen molar-refractivity contribution in [3.8, 4) is 5.75 Å². The van der Waals surface area contributed by atoms with Crippen LogP contribution in [-0.4, -0.2) is 40.8 Å². The highest BCUT2D eigenvalue weighted by molar-refractivity contribution is 7.96. The van der Waals surface area contributed by atoms with Crippen molar-refractivity contribution in [1.29, 1.82) is 5.41 Å². The first-order chi connectivity index (χ1) is 19.2. The maximum atomic E-state index is 12.3. The van der Waals surface area contributed by atoms with E-state index >= 15 is 0 Å². The third-order valence-corrected chi connectivity index (χ3v) is 6.52. The molecule has 0 radical (unpaired) electrons. The molecule has 2 amide bonds. The summed E-state index contributed by atoms with van der Waals surface area (Å²) in [4.78, 5) is 32.5. The molecule has 0 spiro atoms. The van der Waals surface area contributed by atoms with Gasteiger partial charge in [-0.3, -0.25) is 29.8 Å². The second-order valence-corrected chi connectivity index (χ2v) is 9.40. The number of amidine groups is 1. The van der Waals surface area contributed by atoms with Gasteiger partial charge in [-0.25, -0.2) is 0 Å². The van der Waals surface area contributed by atoms with Crippen LogP contribution >= 0.6 is 11.9 Å². The van der Waals surface area contributed by atoms with Crippen molar-refractivity contribution in [2.45, 2.75) is 38.1 Å². The van der Waals surface area contributed by atoms with E-state index in [2.05, 4.69) is 15.4 Å². The standard InChI is InChI=1S/C19H23N3O4S.C9H11N3O/c1-2-20-19(24)18(12-7-14-5-10-17(23)11-6-14)21-27-13-15-3-8-16(9-4-15)22(25)26;10-9(11)8-3-1-7(2-4-8)5-12-6-13/h3-6,8-11,18,21,23H,2,7,12-13H2,1H3,(H,20,24);1-4,6H,5H2,(H3,10,11)(H,12,13). The van der Waals surface area contributed by atoms with Gasteiger partial charge in [0, 0.05) is 36.5 Å². The lowest BCUT2D eigenvalue weighted by Crippen LogP contribution is -2.41. The summed E-state index contributed by atoms with van der Waals surface area (Å²) in [5, 5.41) is 32.6. The van der Waals surface area contributed by atoms with Crippen LogP contribution in [0.1, 0.15) is 35.6 Å². The Morgan fingerprint density at radius 1 is 1.05 bits per heavy atom. The van der Waals surface area contributed by atoms with Gasteiger partial charge < -0.3 is 21.5 Å². The number of amides is 2. The zero-order valence-electron chi connectivity index (χ0n) is 22.1. The number of rotatable bonds is 14. The maximum absolute atomic E-state index is 12.3. The number of phenolic OH excluding ortho intramolecular Hbond substituents is 1. The van der Waals surface area contributed by atoms with Crippen LogP contribution in [0.25, 0.3) is 0 Å². The van der Waals surface area contributed by atoms with Gasteiger partial charge >= 0.3 is 0 Å². The summed E-state index contributed by atoms with van der Waals surface area (Å²) in [6, 6.07) is 20.1. The molecular formula is C28H34N6O5S. The van der Waals surface area contributed by atoms with Crippen LogP contribution in [0.4, 0.5) is 5.69 Å². The van der Waals surface area contributed by atoms with Gasteiger partial charge in [0.25, 0.3) is 5.69 Å². The highest BCUT2D eigenvalue weighted by Crippen LogP contribution is 2.17. The molecule has 0 aromatic heterocycles. The molecular weight excluding hydrogens is 532 g/mol. The normalized spacial score (nSPS) is 10.9. The number of nitrogens with one attached hydrogen (secondary N) is 4. The first-order valence-electron chi connectivity index (χ1n) is 12.5. The van der Waals surface area contributed by atoms with Crippen molar-refractivity contribution in [1.82, 2.24) is 15.4 Å².